The summed E-state index contributed by atoms with van der Waals surface area (Å²) in [5, 5.41) is 13.8. The lowest BCUT2D eigenvalue weighted by Gasteiger charge is -2.60. The van der Waals surface area contributed by atoms with Crippen LogP contribution in [0, 0.1) is 18.8 Å². The van der Waals surface area contributed by atoms with Crippen LogP contribution in [0.5, 0.6) is 0 Å². The summed E-state index contributed by atoms with van der Waals surface area (Å²) in [6.45, 7) is 5.44. The van der Waals surface area contributed by atoms with Crippen molar-refractivity contribution in [3.63, 3.8) is 0 Å². The van der Waals surface area contributed by atoms with Crippen LogP contribution in [0.25, 0.3) is 0 Å². The first-order valence-electron chi connectivity index (χ1n) is 6.24. The summed E-state index contributed by atoms with van der Waals surface area (Å²) in [6.07, 6.45) is 6.22. The van der Waals surface area contributed by atoms with E-state index in [1.54, 1.807) is 0 Å². The smallest absolute Gasteiger partial charge is 0.151 e. The van der Waals surface area contributed by atoms with E-state index in [9.17, 15) is 9.90 Å². The molecule has 2 N–H and O–H groups in total. The van der Waals surface area contributed by atoms with Crippen molar-refractivity contribution in [1.82, 2.24) is 5.32 Å². The molecule has 0 aromatic rings. The fraction of sp³-hybridized carbons (Fsp3) is 0.846. The summed E-state index contributed by atoms with van der Waals surface area (Å²) >= 11 is 0. The Morgan fingerprint density at radius 1 is 1.31 bits per heavy atom. The standard InChI is InChI=1S/C13H19NO2/c1-9(15)7-14-12-3-10-2-11(4-12)6-13(16,5-10)8-12/h1,10-11,14,16H,2-8H2. The second-order valence-corrected chi connectivity index (χ2v) is 6.29. The van der Waals surface area contributed by atoms with Gasteiger partial charge in [0.25, 0.3) is 0 Å². The van der Waals surface area contributed by atoms with Crippen LogP contribution in [-0.4, -0.2) is 28.6 Å². The van der Waals surface area contributed by atoms with Gasteiger partial charge in [0.15, 0.2) is 5.78 Å². The highest BCUT2D eigenvalue weighted by Crippen LogP contribution is 2.57. The zero-order chi connectivity index (χ0) is 11.4. The van der Waals surface area contributed by atoms with E-state index in [-0.39, 0.29) is 17.9 Å². The second-order valence-electron chi connectivity index (χ2n) is 6.29. The predicted molar refractivity (Wildman–Crippen MR) is 59.7 cm³/mol. The molecule has 4 aliphatic rings. The molecule has 88 valence electrons. The average molecular weight is 221 g/mol. The third kappa shape index (κ3) is 1.70. The van der Waals surface area contributed by atoms with Crippen LogP contribution in [0.1, 0.15) is 38.5 Å². The van der Waals surface area contributed by atoms with Gasteiger partial charge in [-0.3, -0.25) is 4.79 Å². The van der Waals surface area contributed by atoms with E-state index >= 15 is 0 Å². The topological polar surface area (TPSA) is 49.3 Å². The average Bonchev–Trinajstić information content (AvgIpc) is 2.10. The van der Waals surface area contributed by atoms with E-state index in [0.717, 1.165) is 32.1 Å². The molecule has 2 atom stereocenters. The first-order chi connectivity index (χ1) is 7.49. The highest BCUT2D eigenvalue weighted by atomic mass is 16.3. The Morgan fingerprint density at radius 2 is 1.94 bits per heavy atom. The van der Waals surface area contributed by atoms with Crippen LogP contribution in [0.15, 0.2) is 0 Å². The van der Waals surface area contributed by atoms with Crippen LogP contribution in [0.4, 0.5) is 0 Å². The summed E-state index contributed by atoms with van der Waals surface area (Å²) in [7, 11) is 0. The van der Waals surface area contributed by atoms with E-state index in [0.29, 0.717) is 11.8 Å². The van der Waals surface area contributed by atoms with Crippen LogP contribution in [-0.2, 0) is 4.79 Å². The first-order valence-corrected chi connectivity index (χ1v) is 6.24. The van der Waals surface area contributed by atoms with E-state index < -0.39 is 5.60 Å². The Labute approximate surface area is 96.6 Å². The van der Waals surface area contributed by atoms with Gasteiger partial charge in [-0.2, -0.15) is 0 Å². The van der Waals surface area contributed by atoms with Gasteiger partial charge < -0.3 is 10.4 Å². The van der Waals surface area contributed by atoms with Gasteiger partial charge in [0, 0.05) is 12.5 Å². The summed E-state index contributed by atoms with van der Waals surface area (Å²) in [6, 6.07) is 0. The molecule has 0 aromatic carbocycles. The Morgan fingerprint density at radius 3 is 2.44 bits per heavy atom. The van der Waals surface area contributed by atoms with Crippen LogP contribution in [0.2, 0.25) is 0 Å². The van der Waals surface area contributed by atoms with Gasteiger partial charge >= 0.3 is 0 Å². The molecule has 0 spiro atoms. The van der Waals surface area contributed by atoms with Crippen molar-refractivity contribution in [1.29, 1.82) is 0 Å². The minimum absolute atomic E-state index is 0.00609. The fourth-order valence-corrected chi connectivity index (χ4v) is 4.70. The molecule has 4 aliphatic carbocycles. The molecule has 4 bridgehead atoms. The van der Waals surface area contributed by atoms with Gasteiger partial charge in [0.1, 0.15) is 0 Å². The molecule has 4 saturated carbocycles. The fourth-order valence-electron chi connectivity index (χ4n) is 4.70. The molecule has 0 amide bonds. The molecule has 4 fully saturated rings. The number of carbonyl (C=O) groups excluding carboxylic acids is 1. The second kappa shape index (κ2) is 3.30. The number of rotatable bonds is 3. The Kier molecular flexibility index (Phi) is 2.21. The van der Waals surface area contributed by atoms with Crippen molar-refractivity contribution in [2.75, 3.05) is 6.54 Å². The summed E-state index contributed by atoms with van der Waals surface area (Å²) in [5.41, 5.74) is -0.470. The van der Waals surface area contributed by atoms with Crippen molar-refractivity contribution < 1.29 is 9.90 Å². The number of carbonyl (C=O) groups is 1. The summed E-state index contributed by atoms with van der Waals surface area (Å²) < 4.78 is 0. The molecular formula is C13H19NO2. The number of hydrogen-bond acceptors (Lipinski definition) is 3. The Balaban J connectivity index is 1.78. The van der Waals surface area contributed by atoms with Crippen molar-refractivity contribution in [2.45, 2.75) is 49.7 Å². The van der Waals surface area contributed by atoms with Crippen molar-refractivity contribution in [3.8, 4) is 0 Å². The minimum atomic E-state index is -0.464. The minimum Gasteiger partial charge on any atom is -0.390 e. The monoisotopic (exact) mass is 221 g/mol. The van der Waals surface area contributed by atoms with Crippen molar-refractivity contribution in [3.05, 3.63) is 6.92 Å². The van der Waals surface area contributed by atoms with E-state index in [1.807, 2.05) is 0 Å². The maximum Gasteiger partial charge on any atom is 0.151 e. The number of hydrogen-bond donors (Lipinski definition) is 2. The number of nitrogens with one attached hydrogen (secondary N) is 1. The molecule has 0 aliphatic heterocycles. The highest BCUT2D eigenvalue weighted by molar-refractivity contribution is 5.84. The largest absolute Gasteiger partial charge is 0.390 e. The quantitative estimate of drug-likeness (QED) is 0.745. The lowest BCUT2D eigenvalue weighted by Crippen LogP contribution is -2.64. The van der Waals surface area contributed by atoms with Crippen molar-refractivity contribution >= 4 is 5.78 Å². The third-order valence-corrected chi connectivity index (χ3v) is 4.67. The molecular weight excluding hydrogens is 202 g/mol. The van der Waals surface area contributed by atoms with E-state index in [1.165, 1.54) is 6.42 Å². The zero-order valence-corrected chi connectivity index (χ0v) is 9.54. The third-order valence-electron chi connectivity index (χ3n) is 4.67. The van der Waals surface area contributed by atoms with Crippen LogP contribution >= 0.6 is 0 Å². The maximum absolute atomic E-state index is 10.9. The number of Topliss-reactive ketones (excluding diaryl/α,β-unsaturated/α-hetero) is 1. The molecule has 16 heavy (non-hydrogen) atoms. The number of ketones is 1. The maximum atomic E-state index is 10.9. The van der Waals surface area contributed by atoms with Gasteiger partial charge in [0.2, 0.25) is 0 Å². The summed E-state index contributed by atoms with van der Waals surface area (Å²) in [5.74, 6) is 0.987. The number of aliphatic hydroxyl groups is 1. The normalized spacial score (nSPS) is 49.6. The lowest BCUT2D eigenvalue weighted by molar-refractivity contribution is -0.143. The molecule has 0 saturated heterocycles. The Hall–Kier alpha value is -0.410. The van der Waals surface area contributed by atoms with Crippen LogP contribution < -0.4 is 5.32 Å². The molecule has 3 nitrogen and oxygen atoms in total. The molecule has 0 aromatic heterocycles. The van der Waals surface area contributed by atoms with Gasteiger partial charge in [-0.25, -0.2) is 0 Å². The molecule has 0 heterocycles. The van der Waals surface area contributed by atoms with Crippen molar-refractivity contribution in [2.24, 2.45) is 11.8 Å². The van der Waals surface area contributed by atoms with E-state index in [2.05, 4.69) is 5.32 Å². The molecule has 3 heteroatoms. The first kappa shape index (κ1) is 10.7. The molecule has 2 radical (unpaired) electrons. The summed E-state index contributed by atoms with van der Waals surface area (Å²) in [4.78, 5) is 10.9. The van der Waals surface area contributed by atoms with Gasteiger partial charge in [-0.05, 0) is 50.4 Å². The van der Waals surface area contributed by atoms with Crippen LogP contribution in [0.3, 0.4) is 0 Å². The molecule has 2 unspecified atom stereocenters. The lowest BCUT2D eigenvalue weighted by atomic mass is 9.51. The van der Waals surface area contributed by atoms with Gasteiger partial charge in [-0.1, -0.05) is 0 Å². The van der Waals surface area contributed by atoms with Gasteiger partial charge in [-0.15, -0.1) is 0 Å². The molecule has 4 rings (SSSR count). The van der Waals surface area contributed by atoms with Gasteiger partial charge in [0.05, 0.1) is 12.1 Å². The van der Waals surface area contributed by atoms with E-state index in [4.69, 9.17) is 6.92 Å². The zero-order valence-electron chi connectivity index (χ0n) is 9.54. The Bertz CT molecular complexity index is 312. The predicted octanol–water partition coefficient (Wildman–Crippen LogP) is 0.940. The SMILES string of the molecule is [CH]C(=O)CNC12CC3CC(CC(O)(C3)C1)C2. The highest BCUT2D eigenvalue weighted by Gasteiger charge is 2.56.